The Balaban J connectivity index is 2.16. The number of nitrogens with one attached hydrogen (secondary N) is 1. The first kappa shape index (κ1) is 14.3. The van der Waals surface area contributed by atoms with Crippen LogP contribution in [0.5, 0.6) is 0 Å². The largest absolute Gasteiger partial charge is 0.382 e. The van der Waals surface area contributed by atoms with Crippen molar-refractivity contribution in [2.24, 2.45) is 0 Å². The molecule has 0 atom stereocenters. The predicted octanol–water partition coefficient (Wildman–Crippen LogP) is 2.35. The van der Waals surface area contributed by atoms with Gasteiger partial charge in [0.1, 0.15) is 10.7 Å². The number of rotatable bonds is 4. The number of anilines is 2. The Hall–Kier alpha value is -2.08. The summed E-state index contributed by atoms with van der Waals surface area (Å²) in [6.45, 7) is 2.59. The van der Waals surface area contributed by atoms with Crippen molar-refractivity contribution >= 4 is 28.2 Å². The highest BCUT2D eigenvalue weighted by molar-refractivity contribution is 7.18. The third kappa shape index (κ3) is 2.91. The lowest BCUT2D eigenvalue weighted by Crippen LogP contribution is -2.26. The molecule has 106 valence electrons. The molecule has 0 fully saturated rings. The number of hydrogen-bond acceptors (Lipinski definition) is 5. The average molecular weight is 290 g/mol. The van der Waals surface area contributed by atoms with Crippen LogP contribution in [0.4, 0.5) is 10.9 Å². The first-order valence-electron chi connectivity index (χ1n) is 6.27. The van der Waals surface area contributed by atoms with E-state index < -0.39 is 0 Å². The summed E-state index contributed by atoms with van der Waals surface area (Å²) in [7, 11) is 3.52. The fraction of sp³-hybridized carbons (Fsp3) is 0.286. The van der Waals surface area contributed by atoms with Gasteiger partial charge in [0.2, 0.25) is 0 Å². The van der Waals surface area contributed by atoms with Crippen molar-refractivity contribution in [3.05, 3.63) is 40.3 Å². The number of thiazole rings is 1. The number of benzene rings is 1. The van der Waals surface area contributed by atoms with Gasteiger partial charge in [0, 0.05) is 20.6 Å². The Kier molecular flexibility index (Phi) is 4.24. The van der Waals surface area contributed by atoms with Crippen LogP contribution in [0.2, 0.25) is 0 Å². The van der Waals surface area contributed by atoms with Gasteiger partial charge >= 0.3 is 0 Å². The lowest BCUT2D eigenvalue weighted by molar-refractivity contribution is 0.0790. The highest BCUT2D eigenvalue weighted by atomic mass is 32.1. The number of hydrogen-bond donors (Lipinski definition) is 2. The summed E-state index contributed by atoms with van der Waals surface area (Å²) in [5, 5.41) is 3.55. The molecule has 1 aromatic carbocycles. The molecule has 2 rings (SSSR count). The van der Waals surface area contributed by atoms with Gasteiger partial charge in [-0.05, 0) is 18.1 Å². The van der Waals surface area contributed by atoms with E-state index in [0.717, 1.165) is 5.56 Å². The van der Waals surface area contributed by atoms with E-state index in [2.05, 4.69) is 10.3 Å². The van der Waals surface area contributed by atoms with Crippen molar-refractivity contribution in [1.29, 1.82) is 0 Å². The summed E-state index contributed by atoms with van der Waals surface area (Å²) in [6, 6.07) is 8.02. The number of amides is 1. The minimum absolute atomic E-state index is 0.107. The molecule has 0 aliphatic rings. The zero-order valence-corrected chi connectivity index (χ0v) is 12.6. The highest BCUT2D eigenvalue weighted by Crippen LogP contribution is 2.26. The topological polar surface area (TPSA) is 71.2 Å². The van der Waals surface area contributed by atoms with Crippen molar-refractivity contribution in [1.82, 2.24) is 9.88 Å². The summed E-state index contributed by atoms with van der Waals surface area (Å²) in [6.07, 6.45) is 0. The molecule has 0 saturated carbocycles. The van der Waals surface area contributed by atoms with Crippen molar-refractivity contribution in [2.75, 3.05) is 25.1 Å². The van der Waals surface area contributed by atoms with E-state index in [0.29, 0.717) is 16.6 Å². The van der Waals surface area contributed by atoms with Crippen LogP contribution in [0.25, 0.3) is 0 Å². The Bertz CT molecular complexity index is 623. The second kappa shape index (κ2) is 5.92. The van der Waals surface area contributed by atoms with Gasteiger partial charge in [-0.15, -0.1) is 0 Å². The van der Waals surface area contributed by atoms with Gasteiger partial charge in [0.05, 0.1) is 0 Å². The SMILES string of the molecule is CNc1nc(N)c(C(=O)N(C)Cc2ccccc2C)s1. The second-order valence-corrected chi connectivity index (χ2v) is 5.57. The van der Waals surface area contributed by atoms with Gasteiger partial charge in [-0.3, -0.25) is 4.79 Å². The van der Waals surface area contributed by atoms with E-state index in [9.17, 15) is 4.79 Å². The van der Waals surface area contributed by atoms with Crippen LogP contribution >= 0.6 is 11.3 Å². The lowest BCUT2D eigenvalue weighted by atomic mass is 10.1. The number of aryl methyl sites for hydroxylation is 1. The maximum atomic E-state index is 12.4. The normalized spacial score (nSPS) is 10.3. The van der Waals surface area contributed by atoms with E-state index in [-0.39, 0.29) is 11.7 Å². The summed E-state index contributed by atoms with van der Waals surface area (Å²) in [4.78, 5) is 18.6. The molecular formula is C14H18N4OS. The summed E-state index contributed by atoms with van der Waals surface area (Å²) < 4.78 is 0. The number of nitrogens with zero attached hydrogens (tertiary/aromatic N) is 2. The Morgan fingerprint density at radius 3 is 2.75 bits per heavy atom. The molecule has 0 radical (unpaired) electrons. The first-order valence-corrected chi connectivity index (χ1v) is 7.08. The summed E-state index contributed by atoms with van der Waals surface area (Å²) in [5.74, 6) is 0.172. The molecule has 0 bridgehead atoms. The van der Waals surface area contributed by atoms with Crippen molar-refractivity contribution < 1.29 is 4.79 Å². The number of nitrogens with two attached hydrogens (primary N) is 1. The smallest absolute Gasteiger partial charge is 0.267 e. The molecule has 5 nitrogen and oxygen atoms in total. The molecule has 1 amide bonds. The summed E-state index contributed by atoms with van der Waals surface area (Å²) >= 11 is 1.27. The predicted molar refractivity (Wildman–Crippen MR) is 83.0 cm³/mol. The van der Waals surface area contributed by atoms with E-state index in [4.69, 9.17) is 5.73 Å². The average Bonchev–Trinajstić information content (AvgIpc) is 2.81. The minimum Gasteiger partial charge on any atom is -0.382 e. The zero-order valence-electron chi connectivity index (χ0n) is 11.8. The molecule has 1 heterocycles. The van der Waals surface area contributed by atoms with Gasteiger partial charge in [-0.25, -0.2) is 4.98 Å². The van der Waals surface area contributed by atoms with Gasteiger partial charge in [0.25, 0.3) is 5.91 Å². The Morgan fingerprint density at radius 2 is 2.15 bits per heavy atom. The number of carbonyl (C=O) groups is 1. The van der Waals surface area contributed by atoms with Crippen LogP contribution in [-0.4, -0.2) is 29.9 Å². The fourth-order valence-electron chi connectivity index (χ4n) is 1.88. The molecular weight excluding hydrogens is 272 g/mol. The molecule has 0 saturated heterocycles. The molecule has 0 spiro atoms. The van der Waals surface area contributed by atoms with Crippen LogP contribution in [0.15, 0.2) is 24.3 Å². The Morgan fingerprint density at radius 1 is 1.45 bits per heavy atom. The van der Waals surface area contributed by atoms with Crippen LogP contribution in [0.1, 0.15) is 20.8 Å². The zero-order chi connectivity index (χ0) is 14.7. The molecule has 0 aliphatic heterocycles. The van der Waals surface area contributed by atoms with Gasteiger partial charge < -0.3 is 16.0 Å². The number of carbonyl (C=O) groups excluding carboxylic acids is 1. The molecule has 3 N–H and O–H groups in total. The van der Waals surface area contributed by atoms with Crippen LogP contribution < -0.4 is 11.1 Å². The first-order chi connectivity index (χ1) is 9.52. The monoisotopic (exact) mass is 290 g/mol. The van der Waals surface area contributed by atoms with Crippen LogP contribution in [-0.2, 0) is 6.54 Å². The molecule has 1 aromatic heterocycles. The highest BCUT2D eigenvalue weighted by Gasteiger charge is 2.19. The van der Waals surface area contributed by atoms with E-state index in [1.165, 1.54) is 16.9 Å². The van der Waals surface area contributed by atoms with E-state index >= 15 is 0 Å². The van der Waals surface area contributed by atoms with Crippen molar-refractivity contribution in [3.8, 4) is 0 Å². The molecule has 6 heteroatoms. The van der Waals surface area contributed by atoms with Crippen LogP contribution in [0.3, 0.4) is 0 Å². The molecule has 0 unspecified atom stereocenters. The van der Waals surface area contributed by atoms with Gasteiger partial charge in [-0.2, -0.15) is 0 Å². The third-order valence-corrected chi connectivity index (χ3v) is 4.15. The second-order valence-electron chi connectivity index (χ2n) is 4.57. The van der Waals surface area contributed by atoms with Crippen molar-refractivity contribution in [2.45, 2.75) is 13.5 Å². The number of aromatic nitrogens is 1. The minimum atomic E-state index is -0.107. The summed E-state index contributed by atoms with van der Waals surface area (Å²) in [5.41, 5.74) is 8.08. The Labute approximate surface area is 122 Å². The third-order valence-electron chi connectivity index (χ3n) is 3.08. The number of nitrogen functional groups attached to an aromatic ring is 1. The maximum Gasteiger partial charge on any atom is 0.267 e. The van der Waals surface area contributed by atoms with Crippen LogP contribution in [0, 0.1) is 6.92 Å². The maximum absolute atomic E-state index is 12.4. The lowest BCUT2D eigenvalue weighted by Gasteiger charge is -2.17. The standard InChI is InChI=1S/C14H18N4OS/c1-9-6-4-5-7-10(9)8-18(3)13(19)11-12(15)17-14(16-2)20-11/h4-7H,8,15H2,1-3H3,(H,16,17). The van der Waals surface area contributed by atoms with Crippen molar-refractivity contribution in [3.63, 3.8) is 0 Å². The van der Waals surface area contributed by atoms with Gasteiger partial charge in [0.15, 0.2) is 5.13 Å². The molecule has 2 aromatic rings. The molecule has 0 aliphatic carbocycles. The quantitative estimate of drug-likeness (QED) is 0.906. The van der Waals surface area contributed by atoms with E-state index in [1.807, 2.05) is 31.2 Å². The van der Waals surface area contributed by atoms with Gasteiger partial charge in [-0.1, -0.05) is 35.6 Å². The molecule has 20 heavy (non-hydrogen) atoms. The fourth-order valence-corrected chi connectivity index (χ4v) is 2.71. The van der Waals surface area contributed by atoms with E-state index in [1.54, 1.807) is 19.0 Å².